The summed E-state index contributed by atoms with van der Waals surface area (Å²) in [6.45, 7) is 6.34. The van der Waals surface area contributed by atoms with E-state index in [-0.39, 0.29) is 49.2 Å². The Balaban J connectivity index is 1.46. The molecule has 0 spiro atoms. The van der Waals surface area contributed by atoms with Crippen molar-refractivity contribution in [3.05, 3.63) is 59.5 Å². The van der Waals surface area contributed by atoms with Gasteiger partial charge in [0.1, 0.15) is 0 Å². The van der Waals surface area contributed by atoms with E-state index in [0.29, 0.717) is 35.9 Å². The lowest BCUT2D eigenvalue weighted by Crippen LogP contribution is -2.55. The summed E-state index contributed by atoms with van der Waals surface area (Å²) in [5.41, 5.74) is 0.131. The molecule has 3 aromatic rings. The topological polar surface area (TPSA) is 113 Å². The van der Waals surface area contributed by atoms with Crippen LogP contribution in [0.3, 0.4) is 0 Å². The van der Waals surface area contributed by atoms with Crippen LogP contribution in [0.5, 0.6) is 11.8 Å². The van der Waals surface area contributed by atoms with Crippen molar-refractivity contribution < 1.29 is 32.2 Å². The Morgan fingerprint density at radius 1 is 1.04 bits per heavy atom. The molecule has 2 aliphatic heterocycles. The number of carbonyl (C=O) groups is 2. The number of pyridine rings is 3. The second kappa shape index (κ2) is 13.9. The van der Waals surface area contributed by atoms with Crippen LogP contribution in [0.15, 0.2) is 42.6 Å². The van der Waals surface area contributed by atoms with Crippen LogP contribution in [0, 0.1) is 0 Å². The molecule has 246 valence electrons. The molecule has 5 heterocycles. The van der Waals surface area contributed by atoms with Crippen molar-refractivity contribution in [2.45, 2.75) is 44.9 Å². The number of alkyl halides is 3. The van der Waals surface area contributed by atoms with Crippen LogP contribution in [0.1, 0.15) is 53.2 Å². The van der Waals surface area contributed by atoms with E-state index < -0.39 is 23.3 Å². The summed E-state index contributed by atoms with van der Waals surface area (Å²) in [5.74, 6) is -0.923. The number of nitrogens with one attached hydrogen (secondary N) is 1. The van der Waals surface area contributed by atoms with Crippen molar-refractivity contribution in [3.63, 3.8) is 0 Å². The Morgan fingerprint density at radius 2 is 1.85 bits per heavy atom. The number of amides is 2. The first-order valence-electron chi connectivity index (χ1n) is 15.3. The number of halogens is 3. The fourth-order valence-corrected chi connectivity index (χ4v) is 5.97. The van der Waals surface area contributed by atoms with Gasteiger partial charge in [-0.05, 0) is 63.7 Å². The molecule has 0 unspecified atom stereocenters. The molecular weight excluding hydrogens is 603 g/mol. The van der Waals surface area contributed by atoms with Crippen molar-refractivity contribution in [2.24, 2.45) is 0 Å². The van der Waals surface area contributed by atoms with Gasteiger partial charge in [0.05, 0.1) is 36.2 Å². The largest absolute Gasteiger partial charge is 0.481 e. The van der Waals surface area contributed by atoms with Gasteiger partial charge in [0.25, 0.3) is 11.8 Å². The van der Waals surface area contributed by atoms with Gasteiger partial charge in [0.15, 0.2) is 11.4 Å². The lowest BCUT2D eigenvalue weighted by atomic mass is 10.0. The van der Waals surface area contributed by atoms with Gasteiger partial charge in [-0.3, -0.25) is 9.59 Å². The summed E-state index contributed by atoms with van der Waals surface area (Å²) in [6, 6.07) is 9.25. The lowest BCUT2D eigenvalue weighted by Gasteiger charge is -2.43. The Bertz CT molecular complexity index is 1570. The number of methoxy groups -OCH3 is 1. The quantitative estimate of drug-likeness (QED) is 0.369. The van der Waals surface area contributed by atoms with Crippen molar-refractivity contribution in [3.8, 4) is 23.0 Å². The molecule has 0 bridgehead atoms. The zero-order chi connectivity index (χ0) is 33.0. The molecule has 2 aliphatic rings. The van der Waals surface area contributed by atoms with E-state index in [4.69, 9.17) is 14.5 Å². The molecule has 11 nitrogen and oxygen atoms in total. The number of hydrogen-bond donors (Lipinski definition) is 1. The number of anilines is 1. The van der Waals surface area contributed by atoms with Gasteiger partial charge < -0.3 is 29.5 Å². The molecule has 2 saturated heterocycles. The smallest absolute Gasteiger partial charge is 0.434 e. The lowest BCUT2D eigenvalue weighted by molar-refractivity contribution is -0.141. The summed E-state index contributed by atoms with van der Waals surface area (Å²) in [7, 11) is 3.21. The normalized spacial score (nSPS) is 18.8. The Hall–Kier alpha value is -4.46. The van der Waals surface area contributed by atoms with Crippen LogP contribution >= 0.6 is 0 Å². The summed E-state index contributed by atoms with van der Waals surface area (Å²) in [5, 5.41) is 3.13. The maximum atomic E-state index is 13.9. The minimum Gasteiger partial charge on any atom is -0.481 e. The van der Waals surface area contributed by atoms with Crippen LogP contribution in [0.4, 0.5) is 18.9 Å². The number of piperazine rings is 1. The number of ether oxygens (including phenoxy) is 2. The first kappa shape index (κ1) is 32.9. The molecule has 46 heavy (non-hydrogen) atoms. The number of nitrogens with zero attached hydrogens (tertiary/aromatic N) is 6. The zero-order valence-electron chi connectivity index (χ0n) is 26.3. The molecule has 3 aromatic heterocycles. The molecule has 0 saturated carbocycles. The van der Waals surface area contributed by atoms with Crippen LogP contribution in [0.25, 0.3) is 11.3 Å². The van der Waals surface area contributed by atoms with Crippen LogP contribution in [-0.2, 0) is 6.18 Å². The average molecular weight is 642 g/mol. The third-order valence-corrected chi connectivity index (χ3v) is 8.27. The van der Waals surface area contributed by atoms with Gasteiger partial charge in [0, 0.05) is 50.5 Å². The molecule has 2 amide bonds. The van der Waals surface area contributed by atoms with Gasteiger partial charge >= 0.3 is 6.18 Å². The van der Waals surface area contributed by atoms with Crippen LogP contribution in [-0.4, -0.2) is 102 Å². The summed E-state index contributed by atoms with van der Waals surface area (Å²) in [4.78, 5) is 45.6. The number of likely N-dealkylation sites (N-methyl/N-ethyl adjacent to an activating group) is 1. The van der Waals surface area contributed by atoms with Crippen molar-refractivity contribution in [2.75, 3.05) is 58.4 Å². The monoisotopic (exact) mass is 641 g/mol. The molecule has 2 fully saturated rings. The van der Waals surface area contributed by atoms with Crippen molar-refractivity contribution in [1.29, 1.82) is 0 Å². The molecule has 1 N–H and O–H groups in total. The number of hydrogen-bond acceptors (Lipinski definition) is 9. The standard InChI is InChI=1S/C32H38F3N7O4/c1-5-21-19-41(31(44)23-9-12-26(45-4)39-28(23)32(33,34)35)16-17-42(21)25-11-10-24(22-8-7-14-36-30(22)46-6-2)38-27(25)29(43)37-20-13-15-40(3)18-20/h7-12,14,20-21H,5-6,13,15-19H2,1-4H3,(H,37,43)/t20-,21-/m1/s1. The molecule has 5 rings (SSSR count). The maximum Gasteiger partial charge on any atom is 0.434 e. The van der Waals surface area contributed by atoms with Gasteiger partial charge in [-0.1, -0.05) is 6.92 Å². The first-order valence-corrected chi connectivity index (χ1v) is 15.3. The van der Waals surface area contributed by atoms with Gasteiger partial charge in [-0.15, -0.1) is 0 Å². The molecule has 2 atom stereocenters. The highest BCUT2D eigenvalue weighted by atomic mass is 19.4. The van der Waals surface area contributed by atoms with Crippen molar-refractivity contribution in [1.82, 2.24) is 30.1 Å². The number of carbonyl (C=O) groups excluding carboxylic acids is 2. The predicted molar refractivity (Wildman–Crippen MR) is 165 cm³/mol. The minimum absolute atomic E-state index is 0.0365. The summed E-state index contributed by atoms with van der Waals surface area (Å²) >= 11 is 0. The highest BCUT2D eigenvalue weighted by Gasteiger charge is 2.40. The van der Waals surface area contributed by atoms with E-state index in [1.807, 2.05) is 37.9 Å². The summed E-state index contributed by atoms with van der Waals surface area (Å²) < 4.78 is 52.2. The van der Waals surface area contributed by atoms with E-state index in [2.05, 4.69) is 20.2 Å². The third kappa shape index (κ3) is 7.01. The van der Waals surface area contributed by atoms with E-state index in [0.717, 1.165) is 25.6 Å². The van der Waals surface area contributed by atoms with E-state index in [1.54, 1.807) is 18.3 Å². The Kier molecular flexibility index (Phi) is 9.94. The fourth-order valence-electron chi connectivity index (χ4n) is 5.97. The van der Waals surface area contributed by atoms with Crippen LogP contribution < -0.4 is 19.7 Å². The fraction of sp³-hybridized carbons (Fsp3) is 0.469. The van der Waals surface area contributed by atoms with Crippen LogP contribution in [0.2, 0.25) is 0 Å². The molecule has 0 aliphatic carbocycles. The predicted octanol–water partition coefficient (Wildman–Crippen LogP) is 4.14. The van der Waals surface area contributed by atoms with E-state index >= 15 is 0 Å². The zero-order valence-corrected chi connectivity index (χ0v) is 26.3. The van der Waals surface area contributed by atoms with Gasteiger partial charge in [-0.25, -0.2) is 15.0 Å². The second-order valence-corrected chi connectivity index (χ2v) is 11.3. The Labute approximate surface area is 265 Å². The SMILES string of the molecule is CCOc1ncccc1-c1ccc(N2CCN(C(=O)c3ccc(OC)nc3C(F)(F)F)C[C@H]2CC)c(C(=O)N[C@@H]2CCN(C)C2)n1. The second-order valence-electron chi connectivity index (χ2n) is 11.3. The van der Waals surface area contributed by atoms with E-state index in [1.165, 1.54) is 18.1 Å². The van der Waals surface area contributed by atoms with E-state index in [9.17, 15) is 22.8 Å². The molecular formula is C32H38F3N7O4. The average Bonchev–Trinajstić information content (AvgIpc) is 3.47. The first-order chi connectivity index (χ1) is 22.0. The Morgan fingerprint density at radius 3 is 2.52 bits per heavy atom. The maximum absolute atomic E-state index is 13.9. The highest BCUT2D eigenvalue weighted by molar-refractivity contribution is 5.99. The minimum atomic E-state index is -4.84. The summed E-state index contributed by atoms with van der Waals surface area (Å²) in [6.07, 6.45) is -1.85. The molecule has 0 aromatic carbocycles. The van der Waals surface area contributed by atoms with Crippen molar-refractivity contribution >= 4 is 17.5 Å². The highest BCUT2D eigenvalue weighted by Crippen LogP contribution is 2.35. The number of rotatable bonds is 9. The molecule has 14 heteroatoms. The van der Waals surface area contributed by atoms with Gasteiger partial charge in [0.2, 0.25) is 11.8 Å². The van der Waals surface area contributed by atoms with Gasteiger partial charge in [-0.2, -0.15) is 13.2 Å². The number of aromatic nitrogens is 3. The third-order valence-electron chi connectivity index (χ3n) is 8.27. The number of likely N-dealkylation sites (tertiary alicyclic amines) is 1. The molecule has 0 radical (unpaired) electrons.